The molecule has 0 bridgehead atoms. The highest BCUT2D eigenvalue weighted by molar-refractivity contribution is 9.10. The Morgan fingerprint density at radius 1 is 1.31 bits per heavy atom. The summed E-state index contributed by atoms with van der Waals surface area (Å²) in [6.45, 7) is 0. The van der Waals surface area contributed by atoms with Gasteiger partial charge in [-0.2, -0.15) is 0 Å². The van der Waals surface area contributed by atoms with Crippen molar-refractivity contribution in [2.24, 2.45) is 0 Å². The molecule has 3 heterocycles. The minimum absolute atomic E-state index is 0.936. The smallest absolute Gasteiger partial charge is 0.151 e. The third kappa shape index (κ3) is 1.43. The van der Waals surface area contributed by atoms with Gasteiger partial charge in [0, 0.05) is 24.0 Å². The molecule has 0 amide bonds. The fourth-order valence-corrected chi connectivity index (χ4v) is 2.67. The number of thioether (sulfide) groups is 1. The van der Waals surface area contributed by atoms with E-state index in [-0.39, 0.29) is 0 Å². The fraction of sp³-hybridized carbons (Fsp3) is 0.0909. The van der Waals surface area contributed by atoms with Crippen molar-refractivity contribution in [2.45, 2.75) is 5.03 Å². The summed E-state index contributed by atoms with van der Waals surface area (Å²) in [5.41, 5.74) is 2.07. The number of aromatic nitrogens is 3. The molecule has 3 aromatic heterocycles. The first-order valence-electron chi connectivity index (χ1n) is 4.75. The zero-order valence-corrected chi connectivity index (χ0v) is 10.9. The minimum Gasteiger partial charge on any atom is -0.299 e. The lowest BCUT2D eigenvalue weighted by Crippen LogP contribution is -1.90. The Kier molecular flexibility index (Phi) is 2.37. The average Bonchev–Trinajstić information content (AvgIpc) is 2.78. The summed E-state index contributed by atoms with van der Waals surface area (Å²) in [5.74, 6) is 0. The molecular weight excluding hydrogens is 286 g/mol. The van der Waals surface area contributed by atoms with Gasteiger partial charge < -0.3 is 0 Å². The Morgan fingerprint density at radius 3 is 3.00 bits per heavy atom. The van der Waals surface area contributed by atoms with E-state index in [1.807, 2.05) is 18.6 Å². The maximum Gasteiger partial charge on any atom is 0.151 e. The summed E-state index contributed by atoms with van der Waals surface area (Å²) in [6, 6.07) is 4.13. The van der Waals surface area contributed by atoms with E-state index in [1.165, 1.54) is 0 Å². The van der Waals surface area contributed by atoms with Crippen LogP contribution in [0.2, 0.25) is 0 Å². The molecule has 16 heavy (non-hydrogen) atoms. The second-order valence-corrected chi connectivity index (χ2v) is 5.08. The van der Waals surface area contributed by atoms with Crippen LogP contribution in [0.1, 0.15) is 0 Å². The lowest BCUT2D eigenvalue weighted by molar-refractivity contribution is 1.13. The molecule has 0 fully saturated rings. The van der Waals surface area contributed by atoms with Crippen molar-refractivity contribution in [2.75, 3.05) is 6.26 Å². The van der Waals surface area contributed by atoms with Crippen LogP contribution in [0.25, 0.3) is 16.6 Å². The number of hydrogen-bond acceptors (Lipinski definition) is 3. The summed E-state index contributed by atoms with van der Waals surface area (Å²) in [6.07, 6.45) is 7.69. The van der Waals surface area contributed by atoms with Gasteiger partial charge in [-0.25, -0.2) is 9.97 Å². The quantitative estimate of drug-likeness (QED) is 0.645. The number of imidazole rings is 1. The van der Waals surface area contributed by atoms with Crippen LogP contribution in [0.3, 0.4) is 0 Å². The van der Waals surface area contributed by atoms with Gasteiger partial charge in [-0.05, 0) is 34.3 Å². The molecule has 3 rings (SSSR count). The van der Waals surface area contributed by atoms with Gasteiger partial charge >= 0.3 is 0 Å². The third-order valence-corrected chi connectivity index (χ3v) is 3.72. The van der Waals surface area contributed by atoms with Crippen LogP contribution >= 0.6 is 27.7 Å². The highest BCUT2D eigenvalue weighted by atomic mass is 79.9. The topological polar surface area (TPSA) is 30.2 Å². The molecule has 0 aliphatic rings. The Morgan fingerprint density at radius 2 is 2.19 bits per heavy atom. The molecule has 0 aromatic carbocycles. The van der Waals surface area contributed by atoms with Crippen molar-refractivity contribution < 1.29 is 0 Å². The Bertz CT molecular complexity index is 677. The van der Waals surface area contributed by atoms with Crippen LogP contribution in [-0.4, -0.2) is 20.6 Å². The zero-order valence-electron chi connectivity index (χ0n) is 8.51. The lowest BCUT2D eigenvalue weighted by atomic mass is 10.3. The van der Waals surface area contributed by atoms with Crippen LogP contribution in [0.4, 0.5) is 0 Å². The zero-order chi connectivity index (χ0) is 11.1. The van der Waals surface area contributed by atoms with Crippen molar-refractivity contribution >= 4 is 44.2 Å². The molecule has 0 N–H and O–H groups in total. The first-order valence-corrected chi connectivity index (χ1v) is 6.76. The Labute approximate surface area is 105 Å². The van der Waals surface area contributed by atoms with E-state index in [9.17, 15) is 0 Å². The largest absolute Gasteiger partial charge is 0.299 e. The maximum atomic E-state index is 4.37. The van der Waals surface area contributed by atoms with E-state index in [1.54, 1.807) is 18.0 Å². The second-order valence-electron chi connectivity index (χ2n) is 3.40. The minimum atomic E-state index is 0.936. The van der Waals surface area contributed by atoms with Crippen molar-refractivity contribution in [3.63, 3.8) is 0 Å². The molecular formula is C11H8BrN3S. The molecule has 3 aromatic rings. The van der Waals surface area contributed by atoms with Gasteiger partial charge in [0.1, 0.15) is 0 Å². The second kappa shape index (κ2) is 3.75. The van der Waals surface area contributed by atoms with E-state index in [0.717, 1.165) is 26.0 Å². The SMILES string of the molecule is CSc1cc2c(cn1)cc(Br)c1nccn12. The molecule has 0 unspecified atom stereocenters. The number of pyridine rings is 2. The molecule has 80 valence electrons. The van der Waals surface area contributed by atoms with Gasteiger partial charge in [-0.3, -0.25) is 4.40 Å². The summed E-state index contributed by atoms with van der Waals surface area (Å²) in [4.78, 5) is 8.68. The van der Waals surface area contributed by atoms with Crippen molar-refractivity contribution in [3.8, 4) is 0 Å². The summed E-state index contributed by atoms with van der Waals surface area (Å²) < 4.78 is 3.06. The highest BCUT2D eigenvalue weighted by Gasteiger charge is 2.06. The van der Waals surface area contributed by atoms with Crippen LogP contribution in [0.5, 0.6) is 0 Å². The van der Waals surface area contributed by atoms with Gasteiger partial charge in [0.05, 0.1) is 15.0 Å². The summed E-state index contributed by atoms with van der Waals surface area (Å²) in [7, 11) is 0. The van der Waals surface area contributed by atoms with Crippen LogP contribution in [-0.2, 0) is 0 Å². The van der Waals surface area contributed by atoms with Crippen LogP contribution in [0, 0.1) is 0 Å². The first kappa shape index (κ1) is 10.1. The van der Waals surface area contributed by atoms with Gasteiger partial charge in [0.15, 0.2) is 5.65 Å². The van der Waals surface area contributed by atoms with E-state index in [4.69, 9.17) is 0 Å². The van der Waals surface area contributed by atoms with E-state index in [0.29, 0.717) is 0 Å². The van der Waals surface area contributed by atoms with E-state index < -0.39 is 0 Å². The number of hydrogen-bond donors (Lipinski definition) is 0. The van der Waals surface area contributed by atoms with Gasteiger partial charge in [-0.15, -0.1) is 11.8 Å². The van der Waals surface area contributed by atoms with Crippen molar-refractivity contribution in [1.29, 1.82) is 0 Å². The molecule has 0 atom stereocenters. The lowest BCUT2D eigenvalue weighted by Gasteiger charge is -2.05. The van der Waals surface area contributed by atoms with Gasteiger partial charge in [0.2, 0.25) is 0 Å². The Balaban J connectivity index is 2.50. The molecule has 0 saturated heterocycles. The van der Waals surface area contributed by atoms with E-state index in [2.05, 4.69) is 42.4 Å². The molecule has 0 spiro atoms. The van der Waals surface area contributed by atoms with Crippen molar-refractivity contribution in [3.05, 3.63) is 35.2 Å². The van der Waals surface area contributed by atoms with Gasteiger partial charge in [0.25, 0.3) is 0 Å². The highest BCUT2D eigenvalue weighted by Crippen LogP contribution is 2.25. The molecule has 0 saturated carbocycles. The number of fused-ring (bicyclic) bond motifs is 3. The first-order chi connectivity index (χ1) is 7.79. The molecule has 0 aliphatic heterocycles. The number of halogens is 1. The number of rotatable bonds is 1. The fourth-order valence-electron chi connectivity index (χ4n) is 1.74. The standard InChI is InChI=1S/C11H8BrN3S/c1-16-10-5-9-7(6-14-10)4-8(12)11-13-2-3-15(9)11/h2-6H,1H3. The molecule has 5 heteroatoms. The predicted octanol–water partition coefficient (Wildman–Crippen LogP) is 3.37. The normalized spacial score (nSPS) is 11.4. The molecule has 3 nitrogen and oxygen atoms in total. The Hall–Kier alpha value is -1.07. The molecule has 0 radical (unpaired) electrons. The summed E-state index contributed by atoms with van der Waals surface area (Å²) in [5, 5.41) is 2.12. The van der Waals surface area contributed by atoms with Crippen LogP contribution < -0.4 is 0 Å². The average molecular weight is 294 g/mol. The van der Waals surface area contributed by atoms with Gasteiger partial charge in [-0.1, -0.05) is 0 Å². The van der Waals surface area contributed by atoms with E-state index >= 15 is 0 Å². The maximum absolute atomic E-state index is 4.37. The van der Waals surface area contributed by atoms with Crippen molar-refractivity contribution in [1.82, 2.24) is 14.4 Å². The van der Waals surface area contributed by atoms with Crippen LogP contribution in [0.15, 0.2) is 40.2 Å². The predicted molar refractivity (Wildman–Crippen MR) is 70.0 cm³/mol. The monoisotopic (exact) mass is 293 g/mol. The third-order valence-electron chi connectivity index (χ3n) is 2.49. The summed E-state index contributed by atoms with van der Waals surface area (Å²) >= 11 is 5.16. The number of nitrogens with zero attached hydrogens (tertiary/aromatic N) is 3. The molecule has 0 aliphatic carbocycles.